The molecule has 7 nitrogen and oxygen atoms in total. The van der Waals surface area contributed by atoms with E-state index in [2.05, 4.69) is 11.0 Å². The van der Waals surface area contributed by atoms with Gasteiger partial charge in [0.2, 0.25) is 5.91 Å². The third-order valence-electron chi connectivity index (χ3n) is 7.64. The number of fused-ring (bicyclic) bond motifs is 3. The second-order valence-electron chi connectivity index (χ2n) is 10.2. The molecule has 3 aliphatic rings. The predicted molar refractivity (Wildman–Crippen MR) is 137 cm³/mol. The molecule has 1 saturated carbocycles. The number of hydrogen-bond donors (Lipinski definition) is 2. The fourth-order valence-corrected chi connectivity index (χ4v) is 5.58. The summed E-state index contributed by atoms with van der Waals surface area (Å²) in [6.45, 7) is 2.83. The second-order valence-corrected chi connectivity index (χ2v) is 10.2. The number of primary amides is 1. The molecule has 1 aliphatic carbocycles. The number of ether oxygens (including phenoxy) is 1. The highest BCUT2D eigenvalue weighted by molar-refractivity contribution is 5.90. The number of amides is 1. The molecule has 0 radical (unpaired) electrons. The first-order chi connectivity index (χ1) is 17.6. The minimum Gasteiger partial charge on any atom is -0.490 e. The molecule has 36 heavy (non-hydrogen) atoms. The molecule has 1 unspecified atom stereocenters. The predicted octanol–water partition coefficient (Wildman–Crippen LogP) is 3.85. The van der Waals surface area contributed by atoms with Crippen molar-refractivity contribution >= 4 is 16.7 Å². The van der Waals surface area contributed by atoms with Crippen LogP contribution in [0.4, 0.5) is 0 Å². The Bertz CT molecular complexity index is 1240. The number of nitrogens with two attached hydrogens (primary N) is 1. The molecule has 1 amide bonds. The smallest absolute Gasteiger partial charge is 0.241 e. The molecule has 188 valence electrons. The van der Waals surface area contributed by atoms with Crippen LogP contribution in [0.1, 0.15) is 54.5 Å². The van der Waals surface area contributed by atoms with Gasteiger partial charge >= 0.3 is 0 Å². The van der Waals surface area contributed by atoms with E-state index in [0.29, 0.717) is 19.3 Å². The molecule has 1 saturated heterocycles. The number of carbonyl (C=O) groups is 1. The lowest BCUT2D eigenvalue weighted by atomic mass is 9.91. The average Bonchev–Trinajstić information content (AvgIpc) is 3.56. The number of benzene rings is 3. The highest BCUT2D eigenvalue weighted by Crippen LogP contribution is 2.39. The largest absolute Gasteiger partial charge is 0.490 e. The number of rotatable bonds is 8. The van der Waals surface area contributed by atoms with E-state index in [0.717, 1.165) is 72.0 Å². The Morgan fingerprint density at radius 3 is 2.53 bits per heavy atom. The Labute approximate surface area is 211 Å². The van der Waals surface area contributed by atoms with Crippen molar-refractivity contribution in [1.29, 1.82) is 0 Å². The van der Waals surface area contributed by atoms with Crippen molar-refractivity contribution in [2.75, 3.05) is 19.6 Å². The summed E-state index contributed by atoms with van der Waals surface area (Å²) in [4.78, 5) is 21.5. The lowest BCUT2D eigenvalue weighted by molar-refractivity contribution is -0.248. The SMILES string of the molecule is NC(=O)C1c2ccc3ccccc3c2CON1[C@H](CN1CCCC1)[C@H](O)c1ccc(OC2CC2)cc1. The van der Waals surface area contributed by atoms with Crippen LogP contribution in [0.3, 0.4) is 0 Å². The maximum Gasteiger partial charge on any atom is 0.241 e. The average molecular weight is 488 g/mol. The Hall–Kier alpha value is -2.97. The van der Waals surface area contributed by atoms with E-state index < -0.39 is 24.1 Å². The van der Waals surface area contributed by atoms with Crippen molar-refractivity contribution < 1.29 is 19.5 Å². The van der Waals surface area contributed by atoms with Gasteiger partial charge in [0.25, 0.3) is 0 Å². The molecule has 3 aromatic rings. The molecule has 0 aromatic heterocycles. The number of hydrogen-bond acceptors (Lipinski definition) is 6. The van der Waals surface area contributed by atoms with Gasteiger partial charge in [-0.1, -0.05) is 48.5 Å². The van der Waals surface area contributed by atoms with Crippen LogP contribution in [-0.2, 0) is 16.2 Å². The monoisotopic (exact) mass is 487 g/mol. The van der Waals surface area contributed by atoms with Gasteiger partial charge < -0.3 is 20.5 Å². The Morgan fingerprint density at radius 1 is 1.06 bits per heavy atom. The highest BCUT2D eigenvalue weighted by Gasteiger charge is 2.42. The van der Waals surface area contributed by atoms with Gasteiger partial charge in [-0.25, -0.2) is 0 Å². The fourth-order valence-electron chi connectivity index (χ4n) is 5.58. The van der Waals surface area contributed by atoms with Gasteiger partial charge in [-0.15, -0.1) is 0 Å². The second kappa shape index (κ2) is 9.82. The molecule has 2 fully saturated rings. The first-order valence-corrected chi connectivity index (χ1v) is 13.0. The topological polar surface area (TPSA) is 88.3 Å². The summed E-state index contributed by atoms with van der Waals surface area (Å²) < 4.78 is 5.88. The third kappa shape index (κ3) is 4.60. The van der Waals surface area contributed by atoms with Crippen LogP contribution < -0.4 is 10.5 Å². The van der Waals surface area contributed by atoms with Gasteiger partial charge in [-0.2, -0.15) is 5.06 Å². The Morgan fingerprint density at radius 2 is 1.81 bits per heavy atom. The van der Waals surface area contributed by atoms with Crippen LogP contribution in [0.2, 0.25) is 0 Å². The zero-order chi connectivity index (χ0) is 24.6. The minimum absolute atomic E-state index is 0.317. The summed E-state index contributed by atoms with van der Waals surface area (Å²) >= 11 is 0. The molecule has 3 N–H and O–H groups in total. The van der Waals surface area contributed by atoms with Gasteiger partial charge in [0.15, 0.2) is 0 Å². The van der Waals surface area contributed by atoms with Crippen molar-refractivity contribution in [3.8, 4) is 5.75 Å². The summed E-state index contributed by atoms with van der Waals surface area (Å²) in [7, 11) is 0. The van der Waals surface area contributed by atoms with Crippen molar-refractivity contribution in [3.63, 3.8) is 0 Å². The molecule has 0 spiro atoms. The number of aliphatic hydroxyl groups excluding tert-OH is 1. The molecular formula is C29H33N3O4. The van der Waals surface area contributed by atoms with Gasteiger partial charge in [0, 0.05) is 6.54 Å². The Kier molecular flexibility index (Phi) is 6.39. The molecule has 3 aromatic carbocycles. The summed E-state index contributed by atoms with van der Waals surface area (Å²) in [5.41, 5.74) is 8.59. The van der Waals surface area contributed by atoms with Gasteiger partial charge in [-0.05, 0) is 78.4 Å². The molecule has 6 rings (SSSR count). The molecule has 0 bridgehead atoms. The zero-order valence-corrected chi connectivity index (χ0v) is 20.4. The van der Waals surface area contributed by atoms with Crippen molar-refractivity contribution in [3.05, 3.63) is 77.4 Å². The molecule has 7 heteroatoms. The van der Waals surface area contributed by atoms with E-state index in [1.54, 1.807) is 5.06 Å². The van der Waals surface area contributed by atoms with Crippen LogP contribution in [0.15, 0.2) is 60.7 Å². The number of carbonyl (C=O) groups excluding carboxylic acids is 1. The van der Waals surface area contributed by atoms with E-state index in [4.69, 9.17) is 15.3 Å². The number of aliphatic hydroxyl groups is 1. The van der Waals surface area contributed by atoms with Crippen molar-refractivity contribution in [2.24, 2.45) is 5.73 Å². The number of likely N-dealkylation sites (tertiary alicyclic amines) is 1. The van der Waals surface area contributed by atoms with Crippen molar-refractivity contribution in [1.82, 2.24) is 9.96 Å². The lowest BCUT2D eigenvalue weighted by Gasteiger charge is -2.43. The normalized spacial score (nSPS) is 22.3. The summed E-state index contributed by atoms with van der Waals surface area (Å²) in [5.74, 6) is 0.326. The third-order valence-corrected chi connectivity index (χ3v) is 7.64. The van der Waals surface area contributed by atoms with E-state index in [1.807, 2.05) is 54.6 Å². The van der Waals surface area contributed by atoms with Gasteiger partial charge in [0.05, 0.1) is 24.9 Å². The zero-order valence-electron chi connectivity index (χ0n) is 20.4. The van der Waals surface area contributed by atoms with Crippen LogP contribution >= 0.6 is 0 Å². The lowest BCUT2D eigenvalue weighted by Crippen LogP contribution is -2.52. The van der Waals surface area contributed by atoms with Gasteiger partial charge in [0.1, 0.15) is 11.8 Å². The molecule has 2 aliphatic heterocycles. The molecule has 3 atom stereocenters. The van der Waals surface area contributed by atoms with Crippen LogP contribution in [0, 0.1) is 0 Å². The number of nitrogens with zero attached hydrogens (tertiary/aromatic N) is 2. The van der Waals surface area contributed by atoms with Crippen LogP contribution in [-0.4, -0.2) is 52.8 Å². The van der Waals surface area contributed by atoms with E-state index >= 15 is 0 Å². The standard InChI is InChI=1S/C29H33N3O4/c30-29(34)27-24-14-9-19-5-1-2-6-23(19)25(24)18-35-32(27)26(17-31-15-3-4-16-31)28(33)20-7-10-21(11-8-20)36-22-12-13-22/h1-2,5-11,14,22,26-28,33H,3-4,12-13,15-18H2,(H2,30,34)/t26-,27?,28-/m1/s1. The summed E-state index contributed by atoms with van der Waals surface area (Å²) in [5, 5.41) is 15.5. The van der Waals surface area contributed by atoms with Crippen LogP contribution in [0.25, 0.3) is 10.8 Å². The maximum absolute atomic E-state index is 12.9. The van der Waals surface area contributed by atoms with E-state index in [1.165, 1.54) is 0 Å². The minimum atomic E-state index is -0.871. The van der Waals surface area contributed by atoms with Gasteiger partial charge in [-0.3, -0.25) is 9.63 Å². The fraction of sp³-hybridized carbons (Fsp3) is 0.414. The van der Waals surface area contributed by atoms with Crippen LogP contribution in [0.5, 0.6) is 5.75 Å². The quantitative estimate of drug-likeness (QED) is 0.502. The van der Waals surface area contributed by atoms with E-state index in [9.17, 15) is 9.90 Å². The highest BCUT2D eigenvalue weighted by atomic mass is 16.7. The maximum atomic E-state index is 12.9. The Balaban J connectivity index is 1.34. The van der Waals surface area contributed by atoms with Crippen molar-refractivity contribution in [2.45, 2.75) is 56.6 Å². The number of hydroxylamine groups is 2. The first-order valence-electron chi connectivity index (χ1n) is 13.0. The molecule has 2 heterocycles. The summed E-state index contributed by atoms with van der Waals surface area (Å²) in [6, 6.07) is 18.5. The van der Waals surface area contributed by atoms with E-state index in [-0.39, 0.29) is 0 Å². The summed E-state index contributed by atoms with van der Waals surface area (Å²) in [6.07, 6.45) is 3.90. The first kappa shape index (κ1) is 23.4. The molecular weight excluding hydrogens is 454 g/mol.